The highest BCUT2D eigenvalue weighted by atomic mass is 16.5. The van der Waals surface area contributed by atoms with Crippen LogP contribution in [0.5, 0.6) is 0 Å². The van der Waals surface area contributed by atoms with Gasteiger partial charge in [-0.2, -0.15) is 0 Å². The summed E-state index contributed by atoms with van der Waals surface area (Å²) in [7, 11) is 0. The van der Waals surface area contributed by atoms with Gasteiger partial charge in [-0.3, -0.25) is 4.79 Å². The van der Waals surface area contributed by atoms with E-state index >= 15 is 0 Å². The molecule has 1 radical (unpaired) electrons. The summed E-state index contributed by atoms with van der Waals surface area (Å²) in [5.74, 6) is 0.00703. The van der Waals surface area contributed by atoms with E-state index in [1.165, 1.54) is 0 Å². The number of ketones is 1. The van der Waals surface area contributed by atoms with Crippen LogP contribution in [-0.4, -0.2) is 21.9 Å². The van der Waals surface area contributed by atoms with E-state index < -0.39 is 11.1 Å². The zero-order chi connectivity index (χ0) is 17.5. The Bertz CT molecular complexity index is 786. The fraction of sp³-hybridized carbons (Fsp3) is 0.286. The van der Waals surface area contributed by atoms with Crippen LogP contribution in [-0.2, 0) is 5.21 Å². The van der Waals surface area contributed by atoms with Gasteiger partial charge in [-0.1, -0.05) is 60.7 Å². The number of carbonyl (C=O) groups is 1. The Morgan fingerprint density at radius 3 is 1.88 bits per heavy atom. The summed E-state index contributed by atoms with van der Waals surface area (Å²) >= 11 is 0. The summed E-state index contributed by atoms with van der Waals surface area (Å²) < 4.78 is 0. The minimum atomic E-state index is -0.589. The van der Waals surface area contributed by atoms with Gasteiger partial charge in [0.2, 0.25) is 0 Å². The number of benzene rings is 2. The number of carbonyl (C=O) groups excluding carboxylic acids is 1. The maximum absolute atomic E-state index is 12.5. The van der Waals surface area contributed by atoms with Crippen molar-refractivity contribution >= 4 is 11.4 Å². The maximum atomic E-state index is 12.5. The molecule has 2 aromatic carbocycles. The van der Waals surface area contributed by atoms with Crippen molar-refractivity contribution in [1.29, 1.82) is 0 Å². The second kappa shape index (κ2) is 5.69. The van der Waals surface area contributed by atoms with Gasteiger partial charge in [0.15, 0.2) is 5.78 Å². The second-order valence-corrected chi connectivity index (χ2v) is 7.34. The average Bonchev–Trinajstić information content (AvgIpc) is 2.75. The number of rotatable bonds is 3. The summed E-state index contributed by atoms with van der Waals surface area (Å²) in [4.78, 5) is 12.5. The molecule has 24 heavy (non-hydrogen) atoms. The number of hydrogen-bond acceptors (Lipinski definition) is 2. The third-order valence-corrected chi connectivity index (χ3v) is 4.68. The van der Waals surface area contributed by atoms with E-state index in [4.69, 9.17) is 0 Å². The van der Waals surface area contributed by atoms with Crippen LogP contribution < -0.4 is 0 Å². The molecule has 0 bridgehead atoms. The zero-order valence-corrected chi connectivity index (χ0v) is 14.5. The summed E-state index contributed by atoms with van der Waals surface area (Å²) in [6.07, 6.45) is 2.02. The lowest BCUT2D eigenvalue weighted by Gasteiger charge is -2.34. The third kappa shape index (κ3) is 2.70. The van der Waals surface area contributed by atoms with Crippen LogP contribution in [0.15, 0.2) is 60.7 Å². The van der Waals surface area contributed by atoms with Gasteiger partial charge in [0.05, 0.1) is 11.1 Å². The molecule has 0 atom stereocenters. The molecule has 0 amide bonds. The molecular formula is C21H22NO2. The number of hydroxylamine groups is 2. The van der Waals surface area contributed by atoms with Crippen molar-refractivity contribution in [2.24, 2.45) is 0 Å². The third-order valence-electron chi connectivity index (χ3n) is 4.68. The highest BCUT2D eigenvalue weighted by Crippen LogP contribution is 2.43. The SMILES string of the molecule is CC1(C)C=C(c2ccc(C(=O)c3ccccc3)cc2)C(C)(C)N1[O]. The summed E-state index contributed by atoms with van der Waals surface area (Å²) in [6, 6.07) is 16.8. The molecule has 3 rings (SSSR count). The van der Waals surface area contributed by atoms with Crippen LogP contribution >= 0.6 is 0 Å². The Kier molecular flexibility index (Phi) is 3.94. The first kappa shape index (κ1) is 16.6. The van der Waals surface area contributed by atoms with Crippen LogP contribution in [0.3, 0.4) is 0 Å². The Morgan fingerprint density at radius 1 is 0.833 bits per heavy atom. The lowest BCUT2D eigenvalue weighted by atomic mass is 9.89. The monoisotopic (exact) mass is 320 g/mol. The Hall–Kier alpha value is -2.23. The molecule has 0 saturated carbocycles. The van der Waals surface area contributed by atoms with Crippen LogP contribution in [0.1, 0.15) is 49.2 Å². The summed E-state index contributed by atoms with van der Waals surface area (Å²) in [6.45, 7) is 7.71. The van der Waals surface area contributed by atoms with Crippen molar-refractivity contribution in [2.45, 2.75) is 38.8 Å². The van der Waals surface area contributed by atoms with Crippen molar-refractivity contribution in [3.63, 3.8) is 0 Å². The van der Waals surface area contributed by atoms with E-state index in [9.17, 15) is 10.0 Å². The molecule has 1 aliphatic rings. The van der Waals surface area contributed by atoms with Crippen molar-refractivity contribution in [1.82, 2.24) is 5.06 Å². The van der Waals surface area contributed by atoms with E-state index in [-0.39, 0.29) is 5.78 Å². The van der Waals surface area contributed by atoms with E-state index in [1.807, 2.05) is 88.4 Å². The van der Waals surface area contributed by atoms with Gasteiger partial charge in [0.1, 0.15) is 0 Å². The van der Waals surface area contributed by atoms with Crippen molar-refractivity contribution < 1.29 is 10.0 Å². The molecule has 1 heterocycles. The van der Waals surface area contributed by atoms with E-state index in [0.717, 1.165) is 16.2 Å². The van der Waals surface area contributed by atoms with Crippen LogP contribution in [0.25, 0.3) is 5.57 Å². The zero-order valence-electron chi connectivity index (χ0n) is 14.5. The van der Waals surface area contributed by atoms with Crippen LogP contribution in [0.4, 0.5) is 0 Å². The quantitative estimate of drug-likeness (QED) is 0.780. The number of hydrogen-bond donors (Lipinski definition) is 0. The van der Waals surface area contributed by atoms with Crippen LogP contribution in [0.2, 0.25) is 0 Å². The van der Waals surface area contributed by atoms with Crippen molar-refractivity contribution in [3.05, 3.63) is 77.4 Å². The Balaban J connectivity index is 1.92. The highest BCUT2D eigenvalue weighted by Gasteiger charge is 2.46. The van der Waals surface area contributed by atoms with Gasteiger partial charge in [-0.25, -0.2) is 0 Å². The van der Waals surface area contributed by atoms with Gasteiger partial charge in [0.25, 0.3) is 0 Å². The maximum Gasteiger partial charge on any atom is 0.193 e. The van der Waals surface area contributed by atoms with Gasteiger partial charge in [-0.15, -0.1) is 10.3 Å². The standard InChI is InChI=1S/C21H22NO2/c1-20(2)14-18(21(3,4)22(20)24)15-10-12-17(13-11-15)19(23)16-8-6-5-7-9-16/h5-14H,1-4H3. The lowest BCUT2D eigenvalue weighted by Crippen LogP contribution is -2.46. The fourth-order valence-electron chi connectivity index (χ4n) is 3.41. The molecule has 0 fully saturated rings. The van der Waals surface area contributed by atoms with Gasteiger partial charge in [0, 0.05) is 11.1 Å². The molecule has 0 aliphatic carbocycles. The smallest absolute Gasteiger partial charge is 0.193 e. The molecule has 0 spiro atoms. The molecule has 123 valence electrons. The molecule has 0 N–H and O–H groups in total. The highest BCUT2D eigenvalue weighted by molar-refractivity contribution is 6.09. The normalized spacial score (nSPS) is 19.1. The predicted molar refractivity (Wildman–Crippen MR) is 95.0 cm³/mol. The minimum absolute atomic E-state index is 0.00703. The summed E-state index contributed by atoms with van der Waals surface area (Å²) in [5, 5.41) is 13.6. The largest absolute Gasteiger partial charge is 0.289 e. The first-order chi connectivity index (χ1) is 11.2. The molecule has 0 unspecified atom stereocenters. The molecule has 3 heteroatoms. The van der Waals surface area contributed by atoms with Crippen LogP contribution in [0, 0.1) is 0 Å². The fourth-order valence-corrected chi connectivity index (χ4v) is 3.41. The first-order valence-corrected chi connectivity index (χ1v) is 8.14. The first-order valence-electron chi connectivity index (χ1n) is 8.14. The molecule has 0 aromatic heterocycles. The predicted octanol–water partition coefficient (Wildman–Crippen LogP) is 4.52. The molecule has 0 saturated heterocycles. The number of nitrogens with zero attached hydrogens (tertiary/aromatic N) is 1. The Morgan fingerprint density at radius 2 is 1.38 bits per heavy atom. The summed E-state index contributed by atoms with van der Waals surface area (Å²) in [5.41, 5.74) is 2.20. The molecular weight excluding hydrogens is 298 g/mol. The van der Waals surface area contributed by atoms with Crippen molar-refractivity contribution in [2.75, 3.05) is 0 Å². The molecule has 2 aromatic rings. The van der Waals surface area contributed by atoms with Gasteiger partial charge < -0.3 is 0 Å². The Labute approximate surface area is 143 Å². The molecule has 1 aliphatic heterocycles. The average molecular weight is 320 g/mol. The van der Waals surface area contributed by atoms with E-state index in [0.29, 0.717) is 11.1 Å². The van der Waals surface area contributed by atoms with Crippen molar-refractivity contribution in [3.8, 4) is 0 Å². The molecule has 3 nitrogen and oxygen atoms in total. The lowest BCUT2D eigenvalue weighted by molar-refractivity contribution is -0.234. The van der Waals surface area contributed by atoms with E-state index in [1.54, 1.807) is 0 Å². The minimum Gasteiger partial charge on any atom is -0.289 e. The van der Waals surface area contributed by atoms with Gasteiger partial charge in [-0.05, 0) is 38.8 Å². The second-order valence-electron chi connectivity index (χ2n) is 7.34. The van der Waals surface area contributed by atoms with E-state index in [2.05, 4.69) is 0 Å². The van der Waals surface area contributed by atoms with Gasteiger partial charge >= 0.3 is 0 Å². The topological polar surface area (TPSA) is 40.2 Å².